The zero-order chi connectivity index (χ0) is 15.1. The van der Waals surface area contributed by atoms with Gasteiger partial charge in [0.15, 0.2) is 0 Å². The molecule has 116 valence electrons. The van der Waals surface area contributed by atoms with Crippen LogP contribution in [0.1, 0.15) is 37.3 Å². The zero-order valence-electron chi connectivity index (χ0n) is 12.8. The van der Waals surface area contributed by atoms with Crippen molar-refractivity contribution in [3.05, 3.63) is 35.4 Å². The Balaban J connectivity index is 1.77. The van der Waals surface area contributed by atoms with Crippen LogP contribution in [-0.2, 0) is 12.8 Å². The van der Waals surface area contributed by atoms with Gasteiger partial charge in [0.2, 0.25) is 0 Å². The van der Waals surface area contributed by atoms with E-state index < -0.39 is 0 Å². The van der Waals surface area contributed by atoms with E-state index in [1.807, 2.05) is 0 Å². The SMILES string of the molecule is CCc1ccc(CCNC(=O)N2CCCC[C@H]2CO)cc1. The van der Waals surface area contributed by atoms with Crippen LogP contribution in [0.2, 0.25) is 0 Å². The highest BCUT2D eigenvalue weighted by molar-refractivity contribution is 5.74. The van der Waals surface area contributed by atoms with Crippen LogP contribution in [0.5, 0.6) is 0 Å². The summed E-state index contributed by atoms with van der Waals surface area (Å²) in [5.41, 5.74) is 2.58. The number of piperidine rings is 1. The van der Waals surface area contributed by atoms with Crippen LogP contribution in [-0.4, -0.2) is 41.8 Å². The van der Waals surface area contributed by atoms with Crippen molar-refractivity contribution in [2.45, 2.75) is 45.1 Å². The summed E-state index contributed by atoms with van der Waals surface area (Å²) >= 11 is 0. The van der Waals surface area contributed by atoms with Gasteiger partial charge in [-0.25, -0.2) is 4.79 Å². The lowest BCUT2D eigenvalue weighted by Crippen LogP contribution is -2.50. The molecule has 1 fully saturated rings. The van der Waals surface area contributed by atoms with E-state index in [4.69, 9.17) is 0 Å². The topological polar surface area (TPSA) is 52.6 Å². The van der Waals surface area contributed by atoms with Gasteiger partial charge in [-0.15, -0.1) is 0 Å². The predicted molar refractivity (Wildman–Crippen MR) is 84.4 cm³/mol. The molecule has 0 aromatic heterocycles. The highest BCUT2D eigenvalue weighted by Crippen LogP contribution is 2.16. The Morgan fingerprint density at radius 1 is 1.29 bits per heavy atom. The fourth-order valence-electron chi connectivity index (χ4n) is 2.81. The van der Waals surface area contributed by atoms with Crippen molar-refractivity contribution >= 4 is 6.03 Å². The van der Waals surface area contributed by atoms with E-state index in [1.165, 1.54) is 11.1 Å². The molecule has 4 nitrogen and oxygen atoms in total. The van der Waals surface area contributed by atoms with Crippen LogP contribution in [0, 0.1) is 0 Å². The van der Waals surface area contributed by atoms with E-state index in [0.717, 1.165) is 38.6 Å². The molecule has 2 N–H and O–H groups in total. The molecule has 0 radical (unpaired) electrons. The van der Waals surface area contributed by atoms with Gasteiger partial charge in [0.1, 0.15) is 0 Å². The van der Waals surface area contributed by atoms with E-state index in [0.29, 0.717) is 6.54 Å². The maximum atomic E-state index is 12.2. The van der Waals surface area contributed by atoms with Crippen molar-refractivity contribution in [2.24, 2.45) is 0 Å². The van der Waals surface area contributed by atoms with Gasteiger partial charge in [-0.05, 0) is 43.2 Å². The molecule has 4 heteroatoms. The number of amides is 2. The molecule has 2 rings (SSSR count). The monoisotopic (exact) mass is 290 g/mol. The second-order valence-electron chi connectivity index (χ2n) is 5.68. The predicted octanol–water partition coefficient (Wildman–Crippen LogP) is 2.35. The Morgan fingerprint density at radius 3 is 2.67 bits per heavy atom. The Labute approximate surface area is 127 Å². The van der Waals surface area contributed by atoms with Crippen molar-refractivity contribution in [2.75, 3.05) is 19.7 Å². The number of likely N-dealkylation sites (tertiary alicyclic amines) is 1. The van der Waals surface area contributed by atoms with Crippen molar-refractivity contribution in [3.63, 3.8) is 0 Å². The molecular formula is C17H26N2O2. The highest BCUT2D eigenvalue weighted by Gasteiger charge is 2.25. The average molecular weight is 290 g/mol. The van der Waals surface area contributed by atoms with Gasteiger partial charge >= 0.3 is 6.03 Å². The third kappa shape index (κ3) is 4.46. The summed E-state index contributed by atoms with van der Waals surface area (Å²) in [5.74, 6) is 0. The minimum Gasteiger partial charge on any atom is -0.394 e. The zero-order valence-corrected chi connectivity index (χ0v) is 12.8. The van der Waals surface area contributed by atoms with Gasteiger partial charge in [0, 0.05) is 13.1 Å². The molecule has 0 saturated carbocycles. The lowest BCUT2D eigenvalue weighted by atomic mass is 10.0. The fraction of sp³-hybridized carbons (Fsp3) is 0.588. The molecule has 1 aromatic carbocycles. The van der Waals surface area contributed by atoms with Crippen LogP contribution in [0.3, 0.4) is 0 Å². The first kappa shape index (κ1) is 15.8. The van der Waals surface area contributed by atoms with Gasteiger partial charge in [-0.1, -0.05) is 31.2 Å². The van der Waals surface area contributed by atoms with Gasteiger partial charge in [-0.2, -0.15) is 0 Å². The second-order valence-corrected chi connectivity index (χ2v) is 5.68. The lowest BCUT2D eigenvalue weighted by molar-refractivity contribution is 0.108. The molecule has 0 bridgehead atoms. The van der Waals surface area contributed by atoms with Crippen LogP contribution in [0.15, 0.2) is 24.3 Å². The fourth-order valence-corrected chi connectivity index (χ4v) is 2.81. The standard InChI is InChI=1S/C17H26N2O2/c1-2-14-6-8-15(9-7-14)10-11-18-17(21)19-12-4-3-5-16(19)13-20/h6-9,16,20H,2-5,10-13H2,1H3,(H,18,21)/t16-/m0/s1. The van der Waals surface area contributed by atoms with Gasteiger partial charge in [0.25, 0.3) is 0 Å². The third-order valence-electron chi connectivity index (χ3n) is 4.22. The number of carbonyl (C=O) groups is 1. The lowest BCUT2D eigenvalue weighted by Gasteiger charge is -2.34. The number of hydrogen-bond donors (Lipinski definition) is 2. The smallest absolute Gasteiger partial charge is 0.317 e. The summed E-state index contributed by atoms with van der Waals surface area (Å²) in [7, 11) is 0. The normalized spacial score (nSPS) is 18.6. The average Bonchev–Trinajstić information content (AvgIpc) is 2.55. The quantitative estimate of drug-likeness (QED) is 0.874. The van der Waals surface area contributed by atoms with E-state index >= 15 is 0 Å². The first-order valence-electron chi connectivity index (χ1n) is 7.97. The Morgan fingerprint density at radius 2 is 2.00 bits per heavy atom. The minimum atomic E-state index is -0.0427. The number of aliphatic hydroxyl groups is 1. The largest absolute Gasteiger partial charge is 0.394 e. The molecular weight excluding hydrogens is 264 g/mol. The first-order valence-corrected chi connectivity index (χ1v) is 7.97. The second kappa shape index (κ2) is 8.03. The number of hydrogen-bond acceptors (Lipinski definition) is 2. The van der Waals surface area contributed by atoms with E-state index in [9.17, 15) is 9.90 Å². The number of benzene rings is 1. The molecule has 0 spiro atoms. The molecule has 1 aliphatic heterocycles. The minimum absolute atomic E-state index is 0.0115. The molecule has 1 atom stereocenters. The molecule has 1 aliphatic rings. The van der Waals surface area contributed by atoms with Crippen LogP contribution >= 0.6 is 0 Å². The summed E-state index contributed by atoms with van der Waals surface area (Å²) in [5, 5.41) is 12.3. The molecule has 0 aliphatic carbocycles. The van der Waals surface area contributed by atoms with E-state index in [2.05, 4.69) is 36.5 Å². The molecule has 1 saturated heterocycles. The van der Waals surface area contributed by atoms with Crippen LogP contribution in [0.25, 0.3) is 0 Å². The molecule has 1 aromatic rings. The van der Waals surface area contributed by atoms with Crippen molar-refractivity contribution < 1.29 is 9.90 Å². The highest BCUT2D eigenvalue weighted by atomic mass is 16.3. The number of urea groups is 1. The van der Waals surface area contributed by atoms with Gasteiger partial charge < -0.3 is 15.3 Å². The summed E-state index contributed by atoms with van der Waals surface area (Å²) in [6.07, 6.45) is 4.92. The van der Waals surface area contributed by atoms with E-state index in [-0.39, 0.29) is 18.7 Å². The summed E-state index contributed by atoms with van der Waals surface area (Å²) < 4.78 is 0. The summed E-state index contributed by atoms with van der Waals surface area (Å²) in [6, 6.07) is 8.49. The number of carbonyl (C=O) groups excluding carboxylic acids is 1. The van der Waals surface area contributed by atoms with Gasteiger partial charge in [-0.3, -0.25) is 0 Å². The molecule has 21 heavy (non-hydrogen) atoms. The van der Waals surface area contributed by atoms with Crippen molar-refractivity contribution in [3.8, 4) is 0 Å². The maximum absolute atomic E-state index is 12.2. The Hall–Kier alpha value is -1.55. The number of nitrogens with zero attached hydrogens (tertiary/aromatic N) is 1. The maximum Gasteiger partial charge on any atom is 0.317 e. The Kier molecular flexibility index (Phi) is 6.05. The van der Waals surface area contributed by atoms with Gasteiger partial charge in [0.05, 0.1) is 12.6 Å². The Bertz CT molecular complexity index is 445. The van der Waals surface area contributed by atoms with Crippen molar-refractivity contribution in [1.29, 1.82) is 0 Å². The summed E-state index contributed by atoms with van der Waals surface area (Å²) in [6.45, 7) is 3.60. The van der Waals surface area contributed by atoms with Crippen molar-refractivity contribution in [1.82, 2.24) is 10.2 Å². The molecule has 0 unspecified atom stereocenters. The number of rotatable bonds is 5. The van der Waals surface area contributed by atoms with Crippen LogP contribution < -0.4 is 5.32 Å². The summed E-state index contributed by atoms with van der Waals surface area (Å²) in [4.78, 5) is 13.9. The third-order valence-corrected chi connectivity index (χ3v) is 4.22. The number of nitrogens with one attached hydrogen (secondary N) is 1. The van der Waals surface area contributed by atoms with E-state index in [1.54, 1.807) is 4.90 Å². The first-order chi connectivity index (χ1) is 10.2. The van der Waals surface area contributed by atoms with Crippen LogP contribution in [0.4, 0.5) is 4.79 Å². The molecule has 1 heterocycles. The number of aliphatic hydroxyl groups excluding tert-OH is 1. The number of aryl methyl sites for hydroxylation is 1. The molecule has 2 amide bonds.